The third-order valence-electron chi connectivity index (χ3n) is 8.36. The summed E-state index contributed by atoms with van der Waals surface area (Å²) in [5.74, 6) is -7.59. The topological polar surface area (TPSA) is 95.0 Å². The maximum absolute atomic E-state index is 14.6. The molecular formula is C27H20BrCl2FN2O5. The number of rotatable bonds is 3. The van der Waals surface area contributed by atoms with Crippen molar-refractivity contribution in [2.24, 2.45) is 17.8 Å². The monoisotopic (exact) mass is 620 g/mol. The van der Waals surface area contributed by atoms with Gasteiger partial charge < -0.3 is 5.11 Å². The molecule has 196 valence electrons. The molecule has 7 nitrogen and oxygen atoms in total. The van der Waals surface area contributed by atoms with Crippen LogP contribution in [0.4, 0.5) is 10.1 Å². The number of nitrogens with zero attached hydrogens (tertiary/aromatic N) is 2. The van der Waals surface area contributed by atoms with Gasteiger partial charge in [-0.25, -0.2) is 4.39 Å². The van der Waals surface area contributed by atoms with Crippen molar-refractivity contribution in [3.63, 3.8) is 0 Å². The second-order valence-corrected chi connectivity index (χ2v) is 11.8. The first kappa shape index (κ1) is 25.5. The molecule has 2 aliphatic carbocycles. The van der Waals surface area contributed by atoms with Crippen LogP contribution in [0.2, 0.25) is 0 Å². The largest absolute Gasteiger partial charge is 0.505 e. The molecule has 0 radical (unpaired) electrons. The lowest BCUT2D eigenvalue weighted by Crippen LogP contribution is -2.60. The van der Waals surface area contributed by atoms with E-state index in [0.717, 1.165) is 15.9 Å². The minimum atomic E-state index is -2.11. The summed E-state index contributed by atoms with van der Waals surface area (Å²) in [5, 5.41) is 10.8. The maximum Gasteiger partial charge on any atom is 0.254 e. The zero-order valence-electron chi connectivity index (χ0n) is 19.6. The fraction of sp³-hybridized carbons (Fsp3) is 0.333. The standard InChI is InChI=1S/C27H20BrCl2FN2O5/c28-12-32-24(37)26(29)11-17-14(20(27(26,30)25(32)38)16-7-4-8-18(31)21(16)34)9-10-15-19(17)23(36)33(22(15)35)13-5-2-1-3-6-13/h1-9,15,17,19-20,34H,10-12H2. The Bertz CT molecular complexity index is 1450. The minimum Gasteiger partial charge on any atom is -0.505 e. The Morgan fingerprint density at radius 3 is 2.37 bits per heavy atom. The van der Waals surface area contributed by atoms with E-state index in [1.807, 2.05) is 0 Å². The number of amides is 4. The van der Waals surface area contributed by atoms with Crippen LogP contribution in [-0.4, -0.2) is 48.8 Å². The quantitative estimate of drug-likeness (QED) is 0.237. The Balaban J connectivity index is 1.55. The highest BCUT2D eigenvalue weighted by Gasteiger charge is 2.76. The average Bonchev–Trinajstić information content (AvgIpc) is 3.24. The Labute approximate surface area is 235 Å². The van der Waals surface area contributed by atoms with Crippen molar-refractivity contribution < 1.29 is 28.7 Å². The highest BCUT2D eigenvalue weighted by Crippen LogP contribution is 2.66. The van der Waals surface area contributed by atoms with Gasteiger partial charge in [0.25, 0.3) is 11.8 Å². The number of hydrogen-bond acceptors (Lipinski definition) is 5. The van der Waals surface area contributed by atoms with E-state index in [2.05, 4.69) is 15.9 Å². The summed E-state index contributed by atoms with van der Waals surface area (Å²) in [7, 11) is 0. The molecule has 6 unspecified atom stereocenters. The van der Waals surface area contributed by atoms with Crippen molar-refractivity contribution >= 4 is 68.4 Å². The predicted molar refractivity (Wildman–Crippen MR) is 140 cm³/mol. The first-order valence-corrected chi connectivity index (χ1v) is 13.9. The lowest BCUT2D eigenvalue weighted by molar-refractivity contribution is -0.138. The van der Waals surface area contributed by atoms with E-state index in [4.69, 9.17) is 23.2 Å². The lowest BCUT2D eigenvalue weighted by Gasteiger charge is -2.50. The average molecular weight is 622 g/mol. The highest BCUT2D eigenvalue weighted by atomic mass is 79.9. The SMILES string of the molecule is O=C1C2CC=C3C(CC4(Cl)C(=O)N(CBr)C(=O)C4(Cl)C3c3cccc(F)c3O)C2C(=O)N1c1ccccc1. The number of imide groups is 2. The summed E-state index contributed by atoms with van der Waals surface area (Å²) in [6.45, 7) is 0. The summed E-state index contributed by atoms with van der Waals surface area (Å²) >= 11 is 17.3. The van der Waals surface area contributed by atoms with Crippen LogP contribution in [-0.2, 0) is 19.2 Å². The van der Waals surface area contributed by atoms with E-state index in [-0.39, 0.29) is 29.8 Å². The van der Waals surface area contributed by atoms with Crippen LogP contribution in [0, 0.1) is 23.6 Å². The van der Waals surface area contributed by atoms with Crippen molar-refractivity contribution in [3.05, 3.63) is 71.6 Å². The Kier molecular flexibility index (Phi) is 5.79. The van der Waals surface area contributed by atoms with E-state index < -0.39 is 62.7 Å². The van der Waals surface area contributed by atoms with Crippen LogP contribution in [0.15, 0.2) is 60.2 Å². The number of carbonyl (C=O) groups is 4. The normalized spacial score (nSPS) is 34.3. The van der Waals surface area contributed by atoms with Crippen molar-refractivity contribution in [1.29, 1.82) is 0 Å². The zero-order chi connectivity index (χ0) is 27.1. The van der Waals surface area contributed by atoms with Crippen LogP contribution < -0.4 is 4.90 Å². The van der Waals surface area contributed by atoms with Crippen LogP contribution in [0.5, 0.6) is 5.75 Å². The molecule has 2 saturated heterocycles. The van der Waals surface area contributed by atoms with E-state index in [1.165, 1.54) is 12.1 Å². The number of hydrogen-bond donors (Lipinski definition) is 1. The van der Waals surface area contributed by atoms with Gasteiger partial charge in [-0.2, -0.15) is 0 Å². The Hall–Kier alpha value is -2.75. The van der Waals surface area contributed by atoms with Gasteiger partial charge in [0, 0.05) is 11.5 Å². The van der Waals surface area contributed by atoms with E-state index in [9.17, 15) is 28.7 Å². The molecule has 0 spiro atoms. The zero-order valence-corrected chi connectivity index (χ0v) is 22.7. The second kappa shape index (κ2) is 8.63. The third kappa shape index (κ3) is 3.06. The van der Waals surface area contributed by atoms with Crippen LogP contribution in [0.25, 0.3) is 0 Å². The molecule has 4 amide bonds. The number of fused-ring (bicyclic) bond motifs is 4. The number of aromatic hydroxyl groups is 1. The van der Waals surface area contributed by atoms with Crippen LogP contribution >= 0.6 is 39.1 Å². The van der Waals surface area contributed by atoms with Crippen molar-refractivity contribution in [2.75, 3.05) is 10.4 Å². The van der Waals surface area contributed by atoms with Gasteiger partial charge in [-0.1, -0.05) is 57.9 Å². The number of phenolic OH excluding ortho intramolecular Hbond substituents is 1. The lowest BCUT2D eigenvalue weighted by atomic mass is 9.56. The van der Waals surface area contributed by atoms with E-state index in [0.29, 0.717) is 11.3 Å². The first-order valence-electron chi connectivity index (χ1n) is 12.0. The van der Waals surface area contributed by atoms with Crippen LogP contribution in [0.3, 0.4) is 0 Å². The van der Waals surface area contributed by atoms with E-state index in [1.54, 1.807) is 36.4 Å². The fourth-order valence-corrected chi connectivity index (χ4v) is 8.11. The molecule has 2 aliphatic heterocycles. The summed E-state index contributed by atoms with van der Waals surface area (Å²) in [5.41, 5.74) is 0.712. The molecule has 1 saturated carbocycles. The number of phenols is 1. The first-order chi connectivity index (χ1) is 18.1. The molecule has 2 aromatic carbocycles. The molecule has 6 rings (SSSR count). The maximum atomic E-state index is 14.6. The smallest absolute Gasteiger partial charge is 0.254 e. The molecule has 1 N–H and O–H groups in total. The fourth-order valence-electron chi connectivity index (χ4n) is 6.70. The minimum absolute atomic E-state index is 0.0197. The summed E-state index contributed by atoms with van der Waals surface area (Å²) < 4.78 is 14.6. The molecule has 4 aliphatic rings. The van der Waals surface area contributed by atoms with Crippen molar-refractivity contribution in [2.45, 2.75) is 28.5 Å². The van der Waals surface area contributed by atoms with E-state index >= 15 is 0 Å². The highest BCUT2D eigenvalue weighted by molar-refractivity contribution is 9.09. The Morgan fingerprint density at radius 1 is 0.974 bits per heavy atom. The number of para-hydroxylation sites is 2. The van der Waals surface area contributed by atoms with Gasteiger partial charge in [0.05, 0.1) is 23.0 Å². The van der Waals surface area contributed by atoms with Gasteiger partial charge in [0.15, 0.2) is 21.3 Å². The number of halogens is 4. The summed E-state index contributed by atoms with van der Waals surface area (Å²) in [6.07, 6.45) is 1.71. The number of anilines is 1. The van der Waals surface area contributed by atoms with Gasteiger partial charge in [0.2, 0.25) is 11.8 Å². The Morgan fingerprint density at radius 2 is 1.68 bits per heavy atom. The van der Waals surface area contributed by atoms with Gasteiger partial charge in [0.1, 0.15) is 0 Å². The van der Waals surface area contributed by atoms with Crippen molar-refractivity contribution in [1.82, 2.24) is 4.90 Å². The predicted octanol–water partition coefficient (Wildman–Crippen LogP) is 4.45. The molecule has 38 heavy (non-hydrogen) atoms. The summed E-state index contributed by atoms with van der Waals surface area (Å²) in [6, 6.07) is 12.4. The third-order valence-corrected chi connectivity index (χ3v) is 10.3. The number of alkyl halides is 3. The number of carbonyl (C=O) groups excluding carboxylic acids is 4. The number of benzene rings is 2. The molecule has 2 aromatic rings. The molecule has 6 atom stereocenters. The van der Waals surface area contributed by atoms with Gasteiger partial charge in [-0.3, -0.25) is 29.0 Å². The molecule has 2 heterocycles. The van der Waals surface area contributed by atoms with Crippen LogP contribution in [0.1, 0.15) is 24.3 Å². The molecule has 3 fully saturated rings. The second-order valence-electron chi connectivity index (χ2n) is 10.0. The number of allylic oxidation sites excluding steroid dienone is 2. The van der Waals surface area contributed by atoms with Gasteiger partial charge in [-0.15, -0.1) is 23.2 Å². The van der Waals surface area contributed by atoms with Gasteiger partial charge in [-0.05, 0) is 37.0 Å². The number of likely N-dealkylation sites (tertiary alicyclic amines) is 1. The molecule has 11 heteroatoms. The van der Waals surface area contributed by atoms with Gasteiger partial charge >= 0.3 is 0 Å². The van der Waals surface area contributed by atoms with Crippen molar-refractivity contribution in [3.8, 4) is 5.75 Å². The molecule has 0 aromatic heterocycles. The summed E-state index contributed by atoms with van der Waals surface area (Å²) in [4.78, 5) is 52.4. The molecular weight excluding hydrogens is 602 g/mol. The molecule has 0 bridgehead atoms.